The number of carbonyl (C=O) groups is 1. The first-order valence-corrected chi connectivity index (χ1v) is 4.92. The molecule has 1 N–H and O–H groups in total. The number of carbonyl (C=O) groups excluding carboxylic acids is 1. The van der Waals surface area contributed by atoms with E-state index in [1.807, 2.05) is 24.4 Å². The summed E-state index contributed by atoms with van der Waals surface area (Å²) in [4.78, 5) is 16.3. The van der Waals surface area contributed by atoms with Gasteiger partial charge in [0, 0.05) is 24.3 Å². The third kappa shape index (κ3) is 1.75. The molecule has 1 aromatic heterocycles. The Bertz CT molecular complexity index is 565. The van der Waals surface area contributed by atoms with Crippen LogP contribution in [0.4, 0.5) is 0 Å². The molecule has 0 fully saturated rings. The largest absolute Gasteiger partial charge is 0.361 e. The van der Waals surface area contributed by atoms with Crippen LogP contribution in [0.25, 0.3) is 10.9 Å². The van der Waals surface area contributed by atoms with Crippen molar-refractivity contribution >= 4 is 16.8 Å². The van der Waals surface area contributed by atoms with Crippen molar-refractivity contribution in [1.82, 2.24) is 9.88 Å². The van der Waals surface area contributed by atoms with E-state index in [1.165, 1.54) is 4.90 Å². The fraction of sp³-hybridized carbons (Fsp3) is 0.167. The number of nitriles is 1. The van der Waals surface area contributed by atoms with E-state index in [2.05, 4.69) is 4.98 Å². The molecule has 1 heterocycles. The summed E-state index contributed by atoms with van der Waals surface area (Å²) in [5.74, 6) is -0.141. The highest BCUT2D eigenvalue weighted by atomic mass is 16.2. The topological polar surface area (TPSA) is 59.9 Å². The summed E-state index contributed by atoms with van der Waals surface area (Å²) in [6.45, 7) is 0.0988. The van der Waals surface area contributed by atoms with Gasteiger partial charge in [-0.2, -0.15) is 5.26 Å². The molecule has 2 rings (SSSR count). The van der Waals surface area contributed by atoms with Crippen molar-refractivity contribution < 1.29 is 4.79 Å². The number of hydrogen-bond acceptors (Lipinski definition) is 2. The van der Waals surface area contributed by atoms with Crippen molar-refractivity contribution in [2.45, 2.75) is 0 Å². The molecule has 0 atom stereocenters. The first-order valence-electron chi connectivity index (χ1n) is 4.92. The molecule has 4 heteroatoms. The molecule has 0 spiro atoms. The molecule has 1 amide bonds. The van der Waals surface area contributed by atoms with Crippen molar-refractivity contribution in [2.75, 3.05) is 13.6 Å². The highest BCUT2D eigenvalue weighted by Crippen LogP contribution is 2.15. The Morgan fingerprint density at radius 1 is 1.50 bits per heavy atom. The fourth-order valence-electron chi connectivity index (χ4n) is 1.58. The second-order valence-electron chi connectivity index (χ2n) is 3.60. The summed E-state index contributed by atoms with van der Waals surface area (Å²) in [7, 11) is 1.62. The van der Waals surface area contributed by atoms with Crippen molar-refractivity contribution in [1.29, 1.82) is 5.26 Å². The predicted octanol–water partition coefficient (Wildman–Crippen LogP) is 1.76. The van der Waals surface area contributed by atoms with Crippen molar-refractivity contribution in [2.24, 2.45) is 0 Å². The van der Waals surface area contributed by atoms with Crippen LogP contribution in [0.5, 0.6) is 0 Å². The first-order chi connectivity index (χ1) is 7.72. The van der Waals surface area contributed by atoms with Gasteiger partial charge in [0.15, 0.2) is 0 Å². The average molecular weight is 213 g/mol. The zero-order chi connectivity index (χ0) is 11.5. The van der Waals surface area contributed by atoms with Gasteiger partial charge in [0.1, 0.15) is 6.54 Å². The van der Waals surface area contributed by atoms with Gasteiger partial charge in [-0.1, -0.05) is 6.07 Å². The molecule has 80 valence electrons. The number of H-pyrrole nitrogens is 1. The number of nitrogens with zero attached hydrogens (tertiary/aromatic N) is 2. The van der Waals surface area contributed by atoms with Gasteiger partial charge >= 0.3 is 0 Å². The predicted molar refractivity (Wildman–Crippen MR) is 60.9 cm³/mol. The van der Waals surface area contributed by atoms with Gasteiger partial charge in [0.25, 0.3) is 5.91 Å². The molecule has 0 radical (unpaired) electrons. The van der Waals surface area contributed by atoms with Crippen molar-refractivity contribution in [3.05, 3.63) is 36.0 Å². The molecule has 0 bridgehead atoms. The smallest absolute Gasteiger partial charge is 0.254 e. The second kappa shape index (κ2) is 4.07. The standard InChI is InChI=1S/C12H11N3O/c1-15(7-5-13)12(16)10-3-2-9-4-6-14-11(9)8-10/h2-4,6,8,14H,7H2,1H3. The molecule has 0 aliphatic carbocycles. The molecule has 0 saturated carbocycles. The third-order valence-electron chi connectivity index (χ3n) is 2.46. The summed E-state index contributed by atoms with van der Waals surface area (Å²) in [5, 5.41) is 9.59. The van der Waals surface area contributed by atoms with Crippen LogP contribution in [0, 0.1) is 11.3 Å². The van der Waals surface area contributed by atoms with Gasteiger partial charge in [-0.25, -0.2) is 0 Å². The van der Waals surface area contributed by atoms with Crippen molar-refractivity contribution in [3.8, 4) is 6.07 Å². The average Bonchev–Trinajstić information content (AvgIpc) is 2.75. The molecule has 0 aliphatic rings. The number of nitrogens with one attached hydrogen (secondary N) is 1. The number of aromatic amines is 1. The Morgan fingerprint density at radius 3 is 3.06 bits per heavy atom. The number of fused-ring (bicyclic) bond motifs is 1. The summed E-state index contributed by atoms with van der Waals surface area (Å²) in [5.41, 5.74) is 1.52. The Kier molecular flexibility index (Phi) is 2.61. The lowest BCUT2D eigenvalue weighted by Crippen LogP contribution is -2.26. The highest BCUT2D eigenvalue weighted by Gasteiger charge is 2.11. The number of amides is 1. The van der Waals surface area contributed by atoms with Gasteiger partial charge in [0.2, 0.25) is 0 Å². The van der Waals surface area contributed by atoms with Crippen LogP contribution in [0.15, 0.2) is 30.5 Å². The van der Waals surface area contributed by atoms with E-state index in [-0.39, 0.29) is 12.5 Å². The lowest BCUT2D eigenvalue weighted by Gasteiger charge is -2.12. The maximum Gasteiger partial charge on any atom is 0.254 e. The van der Waals surface area contributed by atoms with Crippen LogP contribution >= 0.6 is 0 Å². The molecule has 0 unspecified atom stereocenters. The van der Waals surface area contributed by atoms with E-state index in [9.17, 15) is 4.79 Å². The summed E-state index contributed by atoms with van der Waals surface area (Å²) in [6.07, 6.45) is 1.83. The lowest BCUT2D eigenvalue weighted by atomic mass is 10.1. The van der Waals surface area contributed by atoms with Crippen LogP contribution in [0.3, 0.4) is 0 Å². The van der Waals surface area contributed by atoms with Crippen LogP contribution < -0.4 is 0 Å². The minimum Gasteiger partial charge on any atom is -0.361 e. The Balaban J connectivity index is 2.33. The van der Waals surface area contributed by atoms with Gasteiger partial charge < -0.3 is 9.88 Å². The normalized spacial score (nSPS) is 10.0. The molecule has 0 saturated heterocycles. The second-order valence-corrected chi connectivity index (χ2v) is 3.60. The lowest BCUT2D eigenvalue weighted by molar-refractivity contribution is 0.0812. The molecule has 1 aromatic carbocycles. The molecule has 4 nitrogen and oxygen atoms in total. The summed E-state index contributed by atoms with van der Waals surface area (Å²) < 4.78 is 0. The summed E-state index contributed by atoms with van der Waals surface area (Å²) in [6, 6.07) is 9.35. The maximum absolute atomic E-state index is 11.9. The van der Waals surface area contributed by atoms with Crippen LogP contribution in [-0.4, -0.2) is 29.4 Å². The number of hydrogen-bond donors (Lipinski definition) is 1. The van der Waals surface area contributed by atoms with Crippen molar-refractivity contribution in [3.63, 3.8) is 0 Å². The Labute approximate surface area is 93.1 Å². The number of rotatable bonds is 2. The Morgan fingerprint density at radius 2 is 2.31 bits per heavy atom. The van der Waals surface area contributed by atoms with E-state index in [0.717, 1.165) is 10.9 Å². The minimum atomic E-state index is -0.141. The minimum absolute atomic E-state index is 0.0988. The first kappa shape index (κ1) is 10.2. The van der Waals surface area contributed by atoms with Crippen LogP contribution in [0.2, 0.25) is 0 Å². The SMILES string of the molecule is CN(CC#N)C(=O)c1ccc2cc[nH]c2c1. The van der Waals surface area contributed by atoms with E-state index in [4.69, 9.17) is 5.26 Å². The van der Waals surface area contributed by atoms with Gasteiger partial charge in [-0.3, -0.25) is 4.79 Å². The van der Waals surface area contributed by atoms with E-state index < -0.39 is 0 Å². The zero-order valence-corrected chi connectivity index (χ0v) is 8.90. The zero-order valence-electron chi connectivity index (χ0n) is 8.90. The summed E-state index contributed by atoms with van der Waals surface area (Å²) >= 11 is 0. The highest BCUT2D eigenvalue weighted by molar-refractivity contribution is 5.97. The van der Waals surface area contributed by atoms with E-state index in [0.29, 0.717) is 5.56 Å². The van der Waals surface area contributed by atoms with Gasteiger partial charge in [-0.15, -0.1) is 0 Å². The van der Waals surface area contributed by atoms with Crippen LogP contribution in [0.1, 0.15) is 10.4 Å². The number of benzene rings is 1. The van der Waals surface area contributed by atoms with Gasteiger partial charge in [0.05, 0.1) is 6.07 Å². The maximum atomic E-state index is 11.9. The van der Waals surface area contributed by atoms with E-state index in [1.54, 1.807) is 19.2 Å². The molecule has 2 aromatic rings. The molecule has 0 aliphatic heterocycles. The fourth-order valence-corrected chi connectivity index (χ4v) is 1.58. The van der Waals surface area contributed by atoms with Gasteiger partial charge in [-0.05, 0) is 23.6 Å². The van der Waals surface area contributed by atoms with Crippen LogP contribution in [-0.2, 0) is 0 Å². The third-order valence-corrected chi connectivity index (χ3v) is 2.46. The molecular weight excluding hydrogens is 202 g/mol. The monoisotopic (exact) mass is 213 g/mol. The molecular formula is C12H11N3O. The quantitative estimate of drug-likeness (QED) is 0.773. The number of aromatic nitrogens is 1. The Hall–Kier alpha value is -2.28. The van der Waals surface area contributed by atoms with E-state index >= 15 is 0 Å². The molecule has 16 heavy (non-hydrogen) atoms.